The van der Waals surface area contributed by atoms with E-state index in [2.05, 4.69) is 6.92 Å². The second-order valence-electron chi connectivity index (χ2n) is 4.51. The Morgan fingerprint density at radius 3 is 2.67 bits per heavy atom. The van der Waals surface area contributed by atoms with Gasteiger partial charge in [-0.15, -0.1) is 0 Å². The van der Waals surface area contributed by atoms with Gasteiger partial charge in [0.2, 0.25) is 0 Å². The summed E-state index contributed by atoms with van der Waals surface area (Å²) in [6, 6.07) is 0. The molecule has 2 saturated heterocycles. The Hall–Kier alpha value is -0.0800. The standard InChI is InChI=1S/C10H16O2/c1-7-9(12-7)8-4-2-3-5-10(8)6-11-10/h7-9H,2-6H2,1H3. The zero-order valence-electron chi connectivity index (χ0n) is 7.58. The van der Waals surface area contributed by atoms with Crippen LogP contribution in [0.5, 0.6) is 0 Å². The van der Waals surface area contributed by atoms with Crippen LogP contribution in [0.1, 0.15) is 32.6 Å². The molecule has 4 unspecified atom stereocenters. The predicted octanol–water partition coefficient (Wildman–Crippen LogP) is 1.73. The van der Waals surface area contributed by atoms with Crippen molar-refractivity contribution in [2.45, 2.75) is 50.4 Å². The molecule has 2 nitrogen and oxygen atoms in total. The van der Waals surface area contributed by atoms with E-state index < -0.39 is 0 Å². The maximum Gasteiger partial charge on any atom is 0.0970 e. The molecule has 0 aromatic rings. The molecule has 3 rings (SSSR count). The van der Waals surface area contributed by atoms with Crippen LogP contribution >= 0.6 is 0 Å². The van der Waals surface area contributed by atoms with Gasteiger partial charge >= 0.3 is 0 Å². The highest BCUT2D eigenvalue weighted by atomic mass is 16.6. The summed E-state index contributed by atoms with van der Waals surface area (Å²) in [6.07, 6.45) is 6.39. The number of epoxide rings is 2. The first-order valence-corrected chi connectivity index (χ1v) is 5.11. The number of hydrogen-bond acceptors (Lipinski definition) is 2. The van der Waals surface area contributed by atoms with Crippen LogP contribution in [0.2, 0.25) is 0 Å². The smallest absolute Gasteiger partial charge is 0.0970 e. The van der Waals surface area contributed by atoms with Crippen molar-refractivity contribution in [2.24, 2.45) is 5.92 Å². The molecule has 0 aromatic heterocycles. The van der Waals surface area contributed by atoms with Gasteiger partial charge in [-0.25, -0.2) is 0 Å². The van der Waals surface area contributed by atoms with Crippen molar-refractivity contribution in [3.8, 4) is 0 Å². The normalized spacial score (nSPS) is 57.2. The summed E-state index contributed by atoms with van der Waals surface area (Å²) in [7, 11) is 0. The summed E-state index contributed by atoms with van der Waals surface area (Å²) in [6.45, 7) is 3.18. The largest absolute Gasteiger partial charge is 0.369 e. The molecule has 0 amide bonds. The van der Waals surface area contributed by atoms with Crippen LogP contribution in [0.4, 0.5) is 0 Å². The fraction of sp³-hybridized carbons (Fsp3) is 1.00. The average molecular weight is 168 g/mol. The van der Waals surface area contributed by atoms with Gasteiger partial charge in [0.05, 0.1) is 24.4 Å². The molecule has 1 aliphatic carbocycles. The minimum Gasteiger partial charge on any atom is -0.369 e. The van der Waals surface area contributed by atoms with Crippen molar-refractivity contribution in [3.05, 3.63) is 0 Å². The van der Waals surface area contributed by atoms with E-state index in [0.29, 0.717) is 12.2 Å². The minimum atomic E-state index is 0.285. The lowest BCUT2D eigenvalue weighted by Crippen LogP contribution is -2.32. The lowest BCUT2D eigenvalue weighted by molar-refractivity contribution is 0.130. The molecule has 0 aromatic carbocycles. The molecule has 2 aliphatic heterocycles. The van der Waals surface area contributed by atoms with Gasteiger partial charge in [-0.2, -0.15) is 0 Å². The third-order valence-corrected chi connectivity index (χ3v) is 3.71. The van der Waals surface area contributed by atoms with Crippen molar-refractivity contribution in [1.82, 2.24) is 0 Å². The SMILES string of the molecule is CC1OC1C1CCCCC12CO2. The van der Waals surface area contributed by atoms with Crippen LogP contribution in [0.3, 0.4) is 0 Å². The van der Waals surface area contributed by atoms with Crippen LogP contribution in [0.25, 0.3) is 0 Å². The van der Waals surface area contributed by atoms with E-state index >= 15 is 0 Å². The Balaban J connectivity index is 1.74. The lowest BCUT2D eigenvalue weighted by Gasteiger charge is -2.27. The van der Waals surface area contributed by atoms with Gasteiger partial charge in [-0.3, -0.25) is 0 Å². The molecule has 2 heterocycles. The Morgan fingerprint density at radius 2 is 2.08 bits per heavy atom. The molecule has 2 heteroatoms. The van der Waals surface area contributed by atoms with E-state index in [1.54, 1.807) is 0 Å². The lowest BCUT2D eigenvalue weighted by atomic mass is 9.77. The number of rotatable bonds is 1. The summed E-state index contributed by atoms with van der Waals surface area (Å²) in [5, 5.41) is 0. The third kappa shape index (κ3) is 0.944. The number of ether oxygens (including phenoxy) is 2. The maximum atomic E-state index is 5.62. The van der Waals surface area contributed by atoms with E-state index in [0.717, 1.165) is 12.5 Å². The van der Waals surface area contributed by atoms with Crippen molar-refractivity contribution in [3.63, 3.8) is 0 Å². The third-order valence-electron chi connectivity index (χ3n) is 3.71. The van der Waals surface area contributed by atoms with Crippen molar-refractivity contribution in [2.75, 3.05) is 6.61 Å². The summed E-state index contributed by atoms with van der Waals surface area (Å²) >= 11 is 0. The molecular formula is C10H16O2. The first kappa shape index (κ1) is 7.34. The summed E-state index contributed by atoms with van der Waals surface area (Å²) in [4.78, 5) is 0. The van der Waals surface area contributed by atoms with Crippen molar-refractivity contribution >= 4 is 0 Å². The van der Waals surface area contributed by atoms with Crippen LogP contribution in [0.15, 0.2) is 0 Å². The zero-order chi connectivity index (χ0) is 8.18. The fourth-order valence-electron chi connectivity index (χ4n) is 2.78. The van der Waals surface area contributed by atoms with Crippen molar-refractivity contribution < 1.29 is 9.47 Å². The second-order valence-corrected chi connectivity index (χ2v) is 4.51. The highest BCUT2D eigenvalue weighted by molar-refractivity contribution is 5.07. The van der Waals surface area contributed by atoms with E-state index in [1.165, 1.54) is 25.7 Å². The first-order valence-electron chi connectivity index (χ1n) is 5.11. The molecule has 0 N–H and O–H groups in total. The molecule has 3 fully saturated rings. The van der Waals surface area contributed by atoms with E-state index in [4.69, 9.17) is 9.47 Å². The zero-order valence-corrected chi connectivity index (χ0v) is 7.58. The number of hydrogen-bond donors (Lipinski definition) is 0. The highest BCUT2D eigenvalue weighted by Gasteiger charge is 2.59. The van der Waals surface area contributed by atoms with Crippen molar-refractivity contribution in [1.29, 1.82) is 0 Å². The van der Waals surface area contributed by atoms with Gasteiger partial charge in [-0.1, -0.05) is 12.8 Å². The predicted molar refractivity (Wildman–Crippen MR) is 45.0 cm³/mol. The molecule has 12 heavy (non-hydrogen) atoms. The molecule has 0 radical (unpaired) electrons. The van der Waals surface area contributed by atoms with E-state index in [-0.39, 0.29) is 5.60 Å². The topological polar surface area (TPSA) is 25.1 Å². The maximum absolute atomic E-state index is 5.62. The van der Waals surface area contributed by atoms with Crippen LogP contribution < -0.4 is 0 Å². The Bertz CT molecular complexity index is 198. The summed E-state index contributed by atoms with van der Waals surface area (Å²) < 4.78 is 11.2. The van der Waals surface area contributed by atoms with Gasteiger partial charge in [0, 0.05) is 5.92 Å². The van der Waals surface area contributed by atoms with Gasteiger partial charge in [0.25, 0.3) is 0 Å². The molecule has 0 bridgehead atoms. The molecular weight excluding hydrogens is 152 g/mol. The van der Waals surface area contributed by atoms with E-state index in [9.17, 15) is 0 Å². The van der Waals surface area contributed by atoms with Gasteiger partial charge < -0.3 is 9.47 Å². The highest BCUT2D eigenvalue weighted by Crippen LogP contribution is 2.52. The monoisotopic (exact) mass is 168 g/mol. The Kier molecular flexibility index (Phi) is 1.37. The van der Waals surface area contributed by atoms with Gasteiger partial charge in [0.15, 0.2) is 0 Å². The molecule has 1 spiro atoms. The Labute approximate surface area is 73.2 Å². The molecule has 1 saturated carbocycles. The van der Waals surface area contributed by atoms with Crippen LogP contribution in [-0.2, 0) is 9.47 Å². The summed E-state index contributed by atoms with van der Waals surface area (Å²) in [5.41, 5.74) is 0.285. The first-order chi connectivity index (χ1) is 5.82. The fourth-order valence-corrected chi connectivity index (χ4v) is 2.78. The second kappa shape index (κ2) is 2.24. The molecule has 4 atom stereocenters. The van der Waals surface area contributed by atoms with E-state index in [1.807, 2.05) is 0 Å². The summed E-state index contributed by atoms with van der Waals surface area (Å²) in [5.74, 6) is 0.723. The Morgan fingerprint density at radius 1 is 1.33 bits per heavy atom. The van der Waals surface area contributed by atoms with Crippen LogP contribution in [0, 0.1) is 5.92 Å². The molecule has 3 aliphatic rings. The average Bonchev–Trinajstić information content (AvgIpc) is 2.95. The minimum absolute atomic E-state index is 0.285. The van der Waals surface area contributed by atoms with Gasteiger partial charge in [0.1, 0.15) is 0 Å². The van der Waals surface area contributed by atoms with Gasteiger partial charge in [-0.05, 0) is 19.8 Å². The quantitative estimate of drug-likeness (QED) is 0.557. The molecule has 68 valence electrons. The van der Waals surface area contributed by atoms with Crippen LogP contribution in [-0.4, -0.2) is 24.4 Å².